The van der Waals surface area contributed by atoms with E-state index in [0.29, 0.717) is 40.5 Å². The van der Waals surface area contributed by atoms with Crippen molar-refractivity contribution in [2.45, 2.75) is 32.5 Å². The third-order valence-electron chi connectivity index (χ3n) is 3.89. The Morgan fingerprint density at radius 1 is 1.21 bits per heavy atom. The Balaban J connectivity index is 1.69. The van der Waals surface area contributed by atoms with Crippen LogP contribution in [0, 0.1) is 5.92 Å². The molecule has 1 N–H and O–H groups in total. The number of hydrogen-bond donors (Lipinski definition) is 1. The monoisotopic (exact) mass is 398 g/mol. The first kappa shape index (κ1) is 19.9. The van der Waals surface area contributed by atoms with Crippen LogP contribution in [0.5, 0.6) is 0 Å². The van der Waals surface area contributed by atoms with Crippen molar-refractivity contribution in [1.82, 2.24) is 14.8 Å². The summed E-state index contributed by atoms with van der Waals surface area (Å²) in [4.78, 5) is 23.8. The number of ketones is 1. The molecule has 0 unspecified atom stereocenters. The lowest BCUT2D eigenvalue weighted by atomic mass is 10.1. The zero-order valence-electron chi connectivity index (χ0n) is 16.0. The summed E-state index contributed by atoms with van der Waals surface area (Å²) in [6, 6.07) is 10.5. The van der Waals surface area contributed by atoms with Gasteiger partial charge in [0.2, 0.25) is 5.91 Å². The first-order chi connectivity index (χ1) is 13.4. The maximum absolute atomic E-state index is 12.3. The molecule has 146 valence electrons. The summed E-state index contributed by atoms with van der Waals surface area (Å²) in [5.74, 6) is 1.63. The van der Waals surface area contributed by atoms with E-state index in [-0.39, 0.29) is 17.4 Å². The lowest BCUT2D eigenvalue weighted by molar-refractivity contribution is -0.113. The molecule has 0 bridgehead atoms. The van der Waals surface area contributed by atoms with E-state index in [1.165, 1.54) is 18.7 Å². The molecule has 0 atom stereocenters. The van der Waals surface area contributed by atoms with Gasteiger partial charge in [0, 0.05) is 17.8 Å². The molecule has 0 aliphatic heterocycles. The Kier molecular flexibility index (Phi) is 6.30. The molecule has 2 aromatic heterocycles. The van der Waals surface area contributed by atoms with Crippen molar-refractivity contribution in [2.24, 2.45) is 5.92 Å². The number of anilines is 1. The number of rotatable bonds is 8. The zero-order chi connectivity index (χ0) is 20.1. The largest absolute Gasteiger partial charge is 0.461 e. The van der Waals surface area contributed by atoms with E-state index in [2.05, 4.69) is 29.4 Å². The second-order valence-electron chi connectivity index (χ2n) is 6.76. The van der Waals surface area contributed by atoms with Crippen LogP contribution in [0.15, 0.2) is 52.2 Å². The van der Waals surface area contributed by atoms with Crippen LogP contribution in [0.25, 0.3) is 11.6 Å². The van der Waals surface area contributed by atoms with Gasteiger partial charge in [0.15, 0.2) is 22.5 Å². The van der Waals surface area contributed by atoms with Crippen LogP contribution in [0.2, 0.25) is 0 Å². The van der Waals surface area contributed by atoms with Crippen molar-refractivity contribution in [3.8, 4) is 11.6 Å². The number of carbonyl (C=O) groups is 2. The van der Waals surface area contributed by atoms with E-state index in [1.807, 2.05) is 10.6 Å². The molecule has 0 fully saturated rings. The molecule has 3 rings (SSSR count). The second-order valence-corrected chi connectivity index (χ2v) is 7.70. The van der Waals surface area contributed by atoms with Crippen LogP contribution < -0.4 is 5.32 Å². The fourth-order valence-electron chi connectivity index (χ4n) is 2.66. The molecular weight excluding hydrogens is 376 g/mol. The third kappa shape index (κ3) is 4.89. The van der Waals surface area contributed by atoms with Gasteiger partial charge in [-0.05, 0) is 37.1 Å². The fourth-order valence-corrected chi connectivity index (χ4v) is 3.40. The van der Waals surface area contributed by atoms with E-state index in [4.69, 9.17) is 4.42 Å². The van der Waals surface area contributed by atoms with Gasteiger partial charge in [0.1, 0.15) is 0 Å². The molecule has 0 saturated carbocycles. The number of carbonyl (C=O) groups excluding carboxylic acids is 2. The number of thioether (sulfide) groups is 1. The molecule has 0 aliphatic carbocycles. The minimum Gasteiger partial charge on any atom is -0.461 e. The number of benzene rings is 1. The summed E-state index contributed by atoms with van der Waals surface area (Å²) in [5, 5.41) is 11.9. The van der Waals surface area contributed by atoms with Crippen LogP contribution in [0.3, 0.4) is 0 Å². The fraction of sp³-hybridized carbons (Fsp3) is 0.300. The smallest absolute Gasteiger partial charge is 0.234 e. The molecule has 3 aromatic rings. The molecule has 8 heteroatoms. The average Bonchev–Trinajstić information content (AvgIpc) is 3.29. The molecule has 0 aliphatic rings. The summed E-state index contributed by atoms with van der Waals surface area (Å²) in [6.07, 6.45) is 1.60. The number of hydrogen-bond acceptors (Lipinski definition) is 6. The molecule has 1 amide bonds. The number of aromatic nitrogens is 3. The van der Waals surface area contributed by atoms with Crippen LogP contribution in [-0.2, 0) is 11.3 Å². The van der Waals surface area contributed by atoms with Gasteiger partial charge in [-0.3, -0.25) is 14.2 Å². The molecule has 7 nitrogen and oxygen atoms in total. The van der Waals surface area contributed by atoms with Crippen LogP contribution in [0.4, 0.5) is 5.69 Å². The predicted octanol–water partition coefficient (Wildman–Crippen LogP) is 4.13. The standard InChI is InChI=1S/C20H22N4O3S/c1-13(2)11-24-19(17-8-5-9-27-17)22-23-20(24)28-12-18(26)21-16-7-4-6-15(10-16)14(3)25/h4-10,13H,11-12H2,1-3H3,(H,21,26). The summed E-state index contributed by atoms with van der Waals surface area (Å²) >= 11 is 1.31. The molecule has 0 spiro atoms. The highest BCUT2D eigenvalue weighted by Crippen LogP contribution is 2.25. The lowest BCUT2D eigenvalue weighted by Gasteiger charge is -2.11. The molecule has 0 radical (unpaired) electrons. The average molecular weight is 398 g/mol. The Morgan fingerprint density at radius 2 is 2.04 bits per heavy atom. The summed E-state index contributed by atoms with van der Waals surface area (Å²) in [6.45, 7) is 6.42. The Labute approximate surface area is 167 Å². The second kappa shape index (κ2) is 8.88. The minimum absolute atomic E-state index is 0.0438. The number of nitrogens with one attached hydrogen (secondary N) is 1. The van der Waals surface area contributed by atoms with Gasteiger partial charge in [-0.1, -0.05) is 37.7 Å². The molecule has 2 heterocycles. The van der Waals surface area contributed by atoms with E-state index < -0.39 is 0 Å². The first-order valence-electron chi connectivity index (χ1n) is 8.94. The first-order valence-corrected chi connectivity index (χ1v) is 9.93. The van der Waals surface area contributed by atoms with Gasteiger partial charge in [-0.25, -0.2) is 0 Å². The quantitative estimate of drug-likeness (QED) is 0.453. The minimum atomic E-state index is -0.177. The normalized spacial score (nSPS) is 11.0. The van der Waals surface area contributed by atoms with Crippen molar-refractivity contribution in [3.05, 3.63) is 48.2 Å². The Hall–Kier alpha value is -2.87. The van der Waals surface area contributed by atoms with Gasteiger partial charge in [-0.15, -0.1) is 10.2 Å². The number of furan rings is 1. The number of nitrogens with zero attached hydrogens (tertiary/aromatic N) is 3. The van der Waals surface area contributed by atoms with E-state index in [9.17, 15) is 9.59 Å². The topological polar surface area (TPSA) is 90.0 Å². The highest BCUT2D eigenvalue weighted by atomic mass is 32.2. The van der Waals surface area contributed by atoms with Gasteiger partial charge in [-0.2, -0.15) is 0 Å². The molecule has 28 heavy (non-hydrogen) atoms. The number of Topliss-reactive ketones (excluding diaryl/α,β-unsaturated/α-hetero) is 1. The summed E-state index contributed by atoms with van der Waals surface area (Å²) in [5.41, 5.74) is 1.16. The van der Waals surface area contributed by atoms with Crippen LogP contribution in [0.1, 0.15) is 31.1 Å². The highest BCUT2D eigenvalue weighted by Gasteiger charge is 2.18. The summed E-state index contributed by atoms with van der Waals surface area (Å²) < 4.78 is 7.42. The zero-order valence-corrected chi connectivity index (χ0v) is 16.8. The SMILES string of the molecule is CC(=O)c1cccc(NC(=O)CSc2nnc(-c3ccco3)n2CC(C)C)c1. The summed E-state index contributed by atoms with van der Waals surface area (Å²) in [7, 11) is 0. The van der Waals surface area contributed by atoms with Crippen LogP contribution in [-0.4, -0.2) is 32.2 Å². The Bertz CT molecular complexity index is 964. The van der Waals surface area contributed by atoms with E-state index in [0.717, 1.165) is 0 Å². The third-order valence-corrected chi connectivity index (χ3v) is 4.86. The van der Waals surface area contributed by atoms with Crippen molar-refractivity contribution < 1.29 is 14.0 Å². The maximum Gasteiger partial charge on any atom is 0.234 e. The van der Waals surface area contributed by atoms with E-state index in [1.54, 1.807) is 36.6 Å². The van der Waals surface area contributed by atoms with Gasteiger partial charge in [0.05, 0.1) is 12.0 Å². The number of amides is 1. The molecular formula is C20H22N4O3S. The van der Waals surface area contributed by atoms with Gasteiger partial charge in [0.25, 0.3) is 0 Å². The lowest BCUT2D eigenvalue weighted by Crippen LogP contribution is -2.15. The van der Waals surface area contributed by atoms with E-state index >= 15 is 0 Å². The molecule has 0 saturated heterocycles. The van der Waals surface area contributed by atoms with Gasteiger partial charge >= 0.3 is 0 Å². The van der Waals surface area contributed by atoms with Crippen molar-refractivity contribution in [3.63, 3.8) is 0 Å². The van der Waals surface area contributed by atoms with Gasteiger partial charge < -0.3 is 9.73 Å². The Morgan fingerprint density at radius 3 is 2.71 bits per heavy atom. The van der Waals surface area contributed by atoms with Crippen molar-refractivity contribution >= 4 is 29.1 Å². The van der Waals surface area contributed by atoms with Crippen LogP contribution >= 0.6 is 11.8 Å². The van der Waals surface area contributed by atoms with Crippen molar-refractivity contribution in [2.75, 3.05) is 11.1 Å². The maximum atomic E-state index is 12.3. The predicted molar refractivity (Wildman–Crippen MR) is 108 cm³/mol. The molecule has 1 aromatic carbocycles. The highest BCUT2D eigenvalue weighted by molar-refractivity contribution is 7.99. The van der Waals surface area contributed by atoms with Crippen molar-refractivity contribution in [1.29, 1.82) is 0 Å².